The van der Waals surface area contributed by atoms with E-state index in [1.165, 1.54) is 6.92 Å². The van der Waals surface area contributed by atoms with Crippen LogP contribution >= 0.6 is 0 Å². The van der Waals surface area contributed by atoms with Crippen molar-refractivity contribution < 1.29 is 39.6 Å². The Balaban J connectivity index is 5.16. The first kappa shape index (κ1) is 24.7. The molecule has 12 heteroatoms. The molecule has 0 fully saturated rings. The molecule has 3 amide bonds. The maximum Gasteiger partial charge on any atom is 0.328 e. The van der Waals surface area contributed by atoms with Gasteiger partial charge in [0, 0.05) is 0 Å². The summed E-state index contributed by atoms with van der Waals surface area (Å²) in [5, 5.41) is 43.1. The van der Waals surface area contributed by atoms with E-state index in [1.54, 1.807) is 13.8 Å². The van der Waals surface area contributed by atoms with Crippen molar-refractivity contribution in [2.24, 2.45) is 11.7 Å². The van der Waals surface area contributed by atoms with Gasteiger partial charge >= 0.3 is 5.97 Å². The molecule has 0 aliphatic carbocycles. The van der Waals surface area contributed by atoms with E-state index in [2.05, 4.69) is 16.0 Å². The summed E-state index contributed by atoms with van der Waals surface area (Å²) >= 11 is 0. The van der Waals surface area contributed by atoms with Crippen molar-refractivity contribution in [1.82, 2.24) is 16.0 Å². The largest absolute Gasteiger partial charge is 0.480 e. The number of aliphatic carboxylic acids is 1. The lowest BCUT2D eigenvalue weighted by atomic mass is 10.0. The minimum Gasteiger partial charge on any atom is -0.480 e. The van der Waals surface area contributed by atoms with E-state index in [9.17, 15) is 29.4 Å². The van der Waals surface area contributed by atoms with E-state index in [0.29, 0.717) is 0 Å². The molecule has 0 radical (unpaired) electrons. The van der Waals surface area contributed by atoms with Crippen molar-refractivity contribution in [3.63, 3.8) is 0 Å². The predicted molar refractivity (Wildman–Crippen MR) is 92.1 cm³/mol. The fourth-order valence-electron chi connectivity index (χ4n) is 1.98. The molecule has 9 N–H and O–H groups in total. The standard InChI is InChI=1S/C15H28N4O8/c1-6(2)10(14(25)19-11(7(3)22)15(26)27)18-13(24)9(5-21)17-12(23)8(16)4-20/h6-11,20-22H,4-5,16H2,1-3H3,(H,17,23)(H,18,24)(H,19,25)(H,26,27). The maximum atomic E-state index is 12.3. The lowest BCUT2D eigenvalue weighted by Crippen LogP contribution is -2.60. The fraction of sp³-hybridized carbons (Fsp3) is 0.733. The highest BCUT2D eigenvalue weighted by Crippen LogP contribution is 2.05. The normalized spacial score (nSPS) is 16.6. The summed E-state index contributed by atoms with van der Waals surface area (Å²) in [6, 6.07) is -5.50. The summed E-state index contributed by atoms with van der Waals surface area (Å²) in [6.45, 7) is 2.88. The highest BCUT2D eigenvalue weighted by molar-refractivity contribution is 5.94. The monoisotopic (exact) mass is 392 g/mol. The molecule has 0 rings (SSSR count). The zero-order chi connectivity index (χ0) is 21.3. The fourth-order valence-corrected chi connectivity index (χ4v) is 1.98. The molecule has 0 saturated heterocycles. The van der Waals surface area contributed by atoms with Crippen LogP contribution in [0.5, 0.6) is 0 Å². The van der Waals surface area contributed by atoms with Crippen molar-refractivity contribution in [3.05, 3.63) is 0 Å². The number of carboxylic acid groups (broad SMARTS) is 1. The molecule has 0 spiro atoms. The van der Waals surface area contributed by atoms with Crippen LogP contribution in [0.15, 0.2) is 0 Å². The molecular weight excluding hydrogens is 364 g/mol. The number of amides is 3. The first-order valence-electron chi connectivity index (χ1n) is 8.25. The number of hydrogen-bond acceptors (Lipinski definition) is 8. The van der Waals surface area contributed by atoms with E-state index in [0.717, 1.165) is 0 Å². The third-order valence-electron chi connectivity index (χ3n) is 3.64. The molecule has 0 aromatic heterocycles. The minimum atomic E-state index is -1.58. The second kappa shape index (κ2) is 11.4. The van der Waals surface area contributed by atoms with Crippen LogP contribution in [-0.2, 0) is 19.2 Å². The van der Waals surface area contributed by atoms with E-state index < -0.39 is 73.1 Å². The van der Waals surface area contributed by atoms with Gasteiger partial charge in [0.1, 0.15) is 18.1 Å². The van der Waals surface area contributed by atoms with Gasteiger partial charge in [-0.15, -0.1) is 0 Å². The number of carbonyl (C=O) groups excluding carboxylic acids is 3. The smallest absolute Gasteiger partial charge is 0.328 e. The number of nitrogens with two attached hydrogens (primary N) is 1. The summed E-state index contributed by atoms with van der Waals surface area (Å²) in [4.78, 5) is 47.3. The first-order chi connectivity index (χ1) is 12.5. The van der Waals surface area contributed by atoms with Crippen molar-refractivity contribution in [2.45, 2.75) is 51.0 Å². The minimum absolute atomic E-state index is 0.480. The second-order valence-electron chi connectivity index (χ2n) is 6.33. The van der Waals surface area contributed by atoms with Crippen LogP contribution in [0.4, 0.5) is 0 Å². The Labute approximate surface area is 156 Å². The SMILES string of the molecule is CC(C)C(NC(=O)C(CO)NC(=O)C(N)CO)C(=O)NC(C(=O)O)C(C)O. The Bertz CT molecular complexity index is 540. The molecule has 27 heavy (non-hydrogen) atoms. The van der Waals surface area contributed by atoms with Crippen LogP contribution in [0, 0.1) is 5.92 Å². The highest BCUT2D eigenvalue weighted by atomic mass is 16.4. The zero-order valence-corrected chi connectivity index (χ0v) is 15.4. The van der Waals surface area contributed by atoms with E-state index >= 15 is 0 Å². The Morgan fingerprint density at radius 3 is 1.74 bits per heavy atom. The van der Waals surface area contributed by atoms with Crippen LogP contribution in [0.1, 0.15) is 20.8 Å². The Hall–Kier alpha value is -2.28. The number of nitrogens with one attached hydrogen (secondary N) is 3. The van der Waals surface area contributed by atoms with Crippen molar-refractivity contribution in [3.8, 4) is 0 Å². The molecule has 156 valence electrons. The van der Waals surface area contributed by atoms with Crippen molar-refractivity contribution in [2.75, 3.05) is 13.2 Å². The Morgan fingerprint density at radius 1 is 0.852 bits per heavy atom. The molecule has 0 aliphatic heterocycles. The topological polar surface area (TPSA) is 211 Å². The van der Waals surface area contributed by atoms with E-state index in [4.69, 9.17) is 15.9 Å². The lowest BCUT2D eigenvalue weighted by Gasteiger charge is -2.27. The second-order valence-corrected chi connectivity index (χ2v) is 6.33. The van der Waals surface area contributed by atoms with Crippen LogP contribution in [0.25, 0.3) is 0 Å². The highest BCUT2D eigenvalue weighted by Gasteiger charge is 2.33. The van der Waals surface area contributed by atoms with Gasteiger partial charge < -0.3 is 42.1 Å². The first-order valence-corrected chi connectivity index (χ1v) is 8.25. The number of carbonyl (C=O) groups is 4. The molecule has 5 atom stereocenters. The number of aliphatic hydroxyl groups excluding tert-OH is 3. The molecule has 0 heterocycles. The van der Waals surface area contributed by atoms with Gasteiger partial charge in [-0.2, -0.15) is 0 Å². The molecule has 0 saturated carbocycles. The van der Waals surface area contributed by atoms with Crippen LogP contribution in [0.3, 0.4) is 0 Å². The van der Waals surface area contributed by atoms with Gasteiger partial charge in [0.05, 0.1) is 19.3 Å². The number of carboxylic acids is 1. The van der Waals surface area contributed by atoms with Crippen LogP contribution < -0.4 is 21.7 Å². The van der Waals surface area contributed by atoms with Gasteiger partial charge in [-0.05, 0) is 12.8 Å². The predicted octanol–water partition coefficient (Wildman–Crippen LogP) is -4.13. The molecule has 0 aromatic rings. The third-order valence-corrected chi connectivity index (χ3v) is 3.64. The molecular formula is C15H28N4O8. The summed E-state index contributed by atoms with van der Waals surface area (Å²) in [7, 11) is 0. The number of aliphatic hydroxyl groups is 3. The summed E-state index contributed by atoms with van der Waals surface area (Å²) in [5.41, 5.74) is 5.31. The van der Waals surface area contributed by atoms with Crippen LogP contribution in [-0.4, -0.2) is 87.6 Å². The molecule has 12 nitrogen and oxygen atoms in total. The van der Waals surface area contributed by atoms with Gasteiger partial charge in [0.2, 0.25) is 17.7 Å². The van der Waals surface area contributed by atoms with Gasteiger partial charge in [-0.3, -0.25) is 14.4 Å². The summed E-state index contributed by atoms with van der Waals surface area (Å²) in [6.07, 6.45) is -1.38. The Kier molecular flexibility index (Phi) is 10.5. The van der Waals surface area contributed by atoms with Gasteiger partial charge in [-0.1, -0.05) is 13.8 Å². The Morgan fingerprint density at radius 2 is 1.37 bits per heavy atom. The summed E-state index contributed by atoms with van der Waals surface area (Å²) < 4.78 is 0. The third kappa shape index (κ3) is 7.86. The zero-order valence-electron chi connectivity index (χ0n) is 15.4. The van der Waals surface area contributed by atoms with E-state index in [1.807, 2.05) is 0 Å². The average molecular weight is 392 g/mol. The lowest BCUT2D eigenvalue weighted by molar-refractivity contribution is -0.145. The van der Waals surface area contributed by atoms with E-state index in [-0.39, 0.29) is 0 Å². The quantitative estimate of drug-likeness (QED) is 0.171. The molecule has 5 unspecified atom stereocenters. The molecule has 0 bridgehead atoms. The van der Waals surface area contributed by atoms with Crippen molar-refractivity contribution >= 4 is 23.7 Å². The van der Waals surface area contributed by atoms with Crippen molar-refractivity contribution in [1.29, 1.82) is 0 Å². The number of rotatable bonds is 11. The van der Waals surface area contributed by atoms with Crippen LogP contribution in [0.2, 0.25) is 0 Å². The van der Waals surface area contributed by atoms with Gasteiger partial charge in [0.15, 0.2) is 6.04 Å². The average Bonchev–Trinajstić information content (AvgIpc) is 2.59. The van der Waals surface area contributed by atoms with Gasteiger partial charge in [0.25, 0.3) is 0 Å². The molecule has 0 aromatic carbocycles. The summed E-state index contributed by atoms with van der Waals surface area (Å²) in [5.74, 6) is -4.58. The maximum absolute atomic E-state index is 12.3. The number of hydrogen-bond donors (Lipinski definition) is 8. The molecule has 0 aliphatic rings. The van der Waals surface area contributed by atoms with Gasteiger partial charge in [-0.25, -0.2) is 4.79 Å².